The number of fused-ring (bicyclic) bond motifs is 1. The Morgan fingerprint density at radius 2 is 2.08 bits per heavy atom. The highest BCUT2D eigenvalue weighted by atomic mass is 16.2. The number of nitrogens with two attached hydrogens (primary N) is 1. The van der Waals surface area contributed by atoms with Crippen LogP contribution in [-0.4, -0.2) is 40.7 Å². The van der Waals surface area contributed by atoms with Crippen LogP contribution in [0.5, 0.6) is 0 Å². The Labute approximate surface area is 152 Å². The maximum atomic E-state index is 12.8. The number of carbonyl (C=O) groups is 3. The highest BCUT2D eigenvalue weighted by Gasteiger charge is 2.39. The molecule has 1 aromatic carbocycles. The fourth-order valence-corrected chi connectivity index (χ4v) is 3.69. The molecule has 0 aromatic heterocycles. The van der Waals surface area contributed by atoms with Gasteiger partial charge < -0.3 is 16.0 Å². The molecule has 2 heterocycles. The van der Waals surface area contributed by atoms with Gasteiger partial charge in [0.05, 0.1) is 0 Å². The second kappa shape index (κ2) is 6.48. The minimum absolute atomic E-state index is 0.0450. The Kier molecular flexibility index (Phi) is 4.28. The normalized spacial score (nSPS) is 23.8. The molecule has 2 fully saturated rings. The molecule has 1 saturated carbocycles. The van der Waals surface area contributed by atoms with Gasteiger partial charge in [-0.15, -0.1) is 0 Å². The van der Waals surface area contributed by atoms with Gasteiger partial charge in [0, 0.05) is 30.6 Å². The summed E-state index contributed by atoms with van der Waals surface area (Å²) < 4.78 is 0. The number of amides is 3. The predicted octanol–water partition coefficient (Wildman–Crippen LogP) is 0.419. The fourth-order valence-electron chi connectivity index (χ4n) is 3.69. The molecule has 138 valence electrons. The third kappa shape index (κ3) is 3.37. The minimum Gasteiger partial charge on any atom is -0.325 e. The van der Waals surface area contributed by atoms with E-state index >= 15 is 0 Å². The van der Waals surface area contributed by atoms with Crippen molar-refractivity contribution in [2.75, 3.05) is 6.54 Å². The molecule has 0 radical (unpaired) electrons. The van der Waals surface area contributed by atoms with E-state index in [9.17, 15) is 14.4 Å². The lowest BCUT2D eigenvalue weighted by molar-refractivity contribution is -0.136. The second-order valence-electron chi connectivity index (χ2n) is 7.68. The summed E-state index contributed by atoms with van der Waals surface area (Å²) in [5, 5.41) is 5.71. The molecular weight excluding hydrogens is 332 g/mol. The van der Waals surface area contributed by atoms with Gasteiger partial charge in [0.25, 0.3) is 5.91 Å². The molecular formula is C19H24N4O3. The van der Waals surface area contributed by atoms with Crippen molar-refractivity contribution in [3.05, 3.63) is 34.9 Å². The Bertz CT molecular complexity index is 772. The highest BCUT2D eigenvalue weighted by Crippen LogP contribution is 2.35. The van der Waals surface area contributed by atoms with Gasteiger partial charge in [-0.2, -0.15) is 0 Å². The van der Waals surface area contributed by atoms with Crippen LogP contribution in [0.25, 0.3) is 0 Å². The molecule has 7 heteroatoms. The van der Waals surface area contributed by atoms with Crippen LogP contribution in [0.1, 0.15) is 53.6 Å². The topological polar surface area (TPSA) is 105 Å². The molecule has 26 heavy (non-hydrogen) atoms. The second-order valence-corrected chi connectivity index (χ2v) is 7.68. The van der Waals surface area contributed by atoms with Crippen molar-refractivity contribution in [2.45, 2.75) is 56.8 Å². The molecule has 0 spiro atoms. The maximum Gasteiger partial charge on any atom is 0.255 e. The lowest BCUT2D eigenvalue weighted by atomic mass is 10.0. The quantitative estimate of drug-likeness (QED) is 0.506. The standard InChI is InChI=1S/C19H24N4O3/c20-19(5-6-19)7-8-21-10-12-1-2-13-11-23(18(26)14(13)9-12)15-3-4-16(24)22-17(15)25/h1-2,9,15,21H,3-8,10-11,20H2,(H,22,24,25). The van der Waals surface area contributed by atoms with Crippen molar-refractivity contribution in [1.82, 2.24) is 15.5 Å². The van der Waals surface area contributed by atoms with Crippen LogP contribution in [0.2, 0.25) is 0 Å². The van der Waals surface area contributed by atoms with E-state index < -0.39 is 6.04 Å². The maximum absolute atomic E-state index is 12.8. The molecule has 2 aliphatic heterocycles. The van der Waals surface area contributed by atoms with E-state index in [1.807, 2.05) is 18.2 Å². The number of hydrogen-bond donors (Lipinski definition) is 3. The van der Waals surface area contributed by atoms with Crippen molar-refractivity contribution < 1.29 is 14.4 Å². The third-order valence-corrected chi connectivity index (χ3v) is 5.61. The first-order valence-corrected chi connectivity index (χ1v) is 9.21. The molecule has 7 nitrogen and oxygen atoms in total. The zero-order valence-corrected chi connectivity index (χ0v) is 14.7. The summed E-state index contributed by atoms with van der Waals surface area (Å²) in [4.78, 5) is 37.7. The van der Waals surface area contributed by atoms with Crippen LogP contribution in [-0.2, 0) is 22.7 Å². The van der Waals surface area contributed by atoms with Gasteiger partial charge in [-0.1, -0.05) is 12.1 Å². The van der Waals surface area contributed by atoms with Crippen LogP contribution < -0.4 is 16.4 Å². The van der Waals surface area contributed by atoms with Crippen molar-refractivity contribution in [1.29, 1.82) is 0 Å². The van der Waals surface area contributed by atoms with Crippen molar-refractivity contribution in [3.63, 3.8) is 0 Å². The molecule has 1 aromatic rings. The summed E-state index contributed by atoms with van der Waals surface area (Å²) in [6, 6.07) is 5.32. The Morgan fingerprint density at radius 1 is 1.27 bits per heavy atom. The first-order valence-electron chi connectivity index (χ1n) is 9.21. The average molecular weight is 356 g/mol. The van der Waals surface area contributed by atoms with E-state index in [4.69, 9.17) is 5.73 Å². The number of imide groups is 1. The van der Waals surface area contributed by atoms with E-state index in [2.05, 4.69) is 10.6 Å². The first-order chi connectivity index (χ1) is 12.5. The lowest BCUT2D eigenvalue weighted by Crippen LogP contribution is -2.52. The number of carbonyl (C=O) groups excluding carboxylic acids is 3. The fraction of sp³-hybridized carbons (Fsp3) is 0.526. The SMILES string of the molecule is NC1(CCNCc2ccc3c(c2)C(=O)N(C2CCC(=O)NC2=O)C3)CC1. The number of nitrogens with one attached hydrogen (secondary N) is 2. The molecule has 1 atom stereocenters. The van der Waals surface area contributed by atoms with Crippen molar-refractivity contribution in [2.24, 2.45) is 5.73 Å². The zero-order chi connectivity index (χ0) is 18.3. The Hall–Kier alpha value is -2.25. The van der Waals surface area contributed by atoms with Crippen LogP contribution in [0.4, 0.5) is 0 Å². The van der Waals surface area contributed by atoms with E-state index in [1.165, 1.54) is 0 Å². The number of hydrogen-bond acceptors (Lipinski definition) is 5. The number of rotatable bonds is 6. The first kappa shape index (κ1) is 17.2. The van der Waals surface area contributed by atoms with Gasteiger partial charge in [-0.05, 0) is 49.4 Å². The van der Waals surface area contributed by atoms with E-state index in [0.717, 1.165) is 36.9 Å². The van der Waals surface area contributed by atoms with E-state index in [0.29, 0.717) is 25.1 Å². The van der Waals surface area contributed by atoms with Gasteiger partial charge >= 0.3 is 0 Å². The van der Waals surface area contributed by atoms with Gasteiger partial charge in [-0.25, -0.2) is 0 Å². The number of nitrogens with zero attached hydrogens (tertiary/aromatic N) is 1. The zero-order valence-electron chi connectivity index (χ0n) is 14.7. The van der Waals surface area contributed by atoms with E-state index in [1.54, 1.807) is 4.90 Å². The van der Waals surface area contributed by atoms with Gasteiger partial charge in [0.2, 0.25) is 11.8 Å². The predicted molar refractivity (Wildman–Crippen MR) is 95.0 cm³/mol. The van der Waals surface area contributed by atoms with Crippen LogP contribution in [0.3, 0.4) is 0 Å². The van der Waals surface area contributed by atoms with Gasteiger partial charge in [-0.3, -0.25) is 19.7 Å². The summed E-state index contributed by atoms with van der Waals surface area (Å²) >= 11 is 0. The largest absolute Gasteiger partial charge is 0.325 e. The minimum atomic E-state index is -0.562. The van der Waals surface area contributed by atoms with Crippen molar-refractivity contribution in [3.8, 4) is 0 Å². The molecule has 1 aliphatic carbocycles. The Balaban J connectivity index is 1.38. The number of benzene rings is 1. The molecule has 4 rings (SSSR count). The van der Waals surface area contributed by atoms with Crippen molar-refractivity contribution >= 4 is 17.7 Å². The molecule has 0 bridgehead atoms. The average Bonchev–Trinajstić information content (AvgIpc) is 3.26. The van der Waals surface area contributed by atoms with Crippen LogP contribution in [0, 0.1) is 0 Å². The summed E-state index contributed by atoms with van der Waals surface area (Å²) in [5.41, 5.74) is 8.76. The number of piperidine rings is 1. The molecule has 1 saturated heterocycles. The van der Waals surface area contributed by atoms with Gasteiger partial charge in [0.15, 0.2) is 0 Å². The molecule has 1 unspecified atom stereocenters. The molecule has 3 aliphatic rings. The summed E-state index contributed by atoms with van der Waals surface area (Å²) in [6.07, 6.45) is 3.85. The molecule has 4 N–H and O–H groups in total. The highest BCUT2D eigenvalue weighted by molar-refractivity contribution is 6.05. The monoisotopic (exact) mass is 356 g/mol. The van der Waals surface area contributed by atoms with E-state index in [-0.39, 0.29) is 29.7 Å². The van der Waals surface area contributed by atoms with Crippen LogP contribution in [0.15, 0.2) is 18.2 Å². The summed E-state index contributed by atoms with van der Waals surface area (Å²) in [7, 11) is 0. The summed E-state index contributed by atoms with van der Waals surface area (Å²) in [5.74, 6) is -0.774. The van der Waals surface area contributed by atoms with Crippen LogP contribution >= 0.6 is 0 Å². The smallest absolute Gasteiger partial charge is 0.255 e. The third-order valence-electron chi connectivity index (χ3n) is 5.61. The lowest BCUT2D eigenvalue weighted by Gasteiger charge is -2.29. The van der Waals surface area contributed by atoms with Gasteiger partial charge in [0.1, 0.15) is 6.04 Å². The Morgan fingerprint density at radius 3 is 2.81 bits per heavy atom. The molecule has 3 amide bonds. The summed E-state index contributed by atoms with van der Waals surface area (Å²) in [6.45, 7) is 1.98.